The molecule has 0 saturated carbocycles. The molecule has 1 aliphatic rings. The number of unbranched alkanes of at least 4 members (excludes halogenated alkanes) is 1. The number of carbonyl (C=O) groups is 1. The van der Waals surface area contributed by atoms with Gasteiger partial charge in [0.2, 0.25) is 0 Å². The first-order valence-electron chi connectivity index (χ1n) is 5.76. The molecular formula is C11H21NO2. The van der Waals surface area contributed by atoms with Crippen molar-refractivity contribution >= 4 is 6.09 Å². The zero-order chi connectivity index (χ0) is 10.2. The summed E-state index contributed by atoms with van der Waals surface area (Å²) in [7, 11) is 0. The van der Waals surface area contributed by atoms with Crippen LogP contribution in [0.15, 0.2) is 0 Å². The Morgan fingerprint density at radius 1 is 1.21 bits per heavy atom. The summed E-state index contributed by atoms with van der Waals surface area (Å²) in [6, 6.07) is 0. The number of ether oxygens (including phenoxy) is 1. The lowest BCUT2D eigenvalue weighted by Crippen LogP contribution is -2.32. The Morgan fingerprint density at radius 3 is 2.43 bits per heavy atom. The molecule has 14 heavy (non-hydrogen) atoms. The second-order valence-electron chi connectivity index (χ2n) is 3.87. The normalized spacial score (nSPS) is 17.6. The molecule has 0 aromatic carbocycles. The Bertz CT molecular complexity index is 163. The highest BCUT2D eigenvalue weighted by atomic mass is 16.6. The molecule has 3 heteroatoms. The fourth-order valence-corrected chi connectivity index (χ4v) is 1.65. The second kappa shape index (κ2) is 6.68. The standard InChI is InChI=1S/C11H21NO2/c1-2-3-10-14-11(13)12-8-6-4-5-7-9-12/h2-10H2,1H3. The van der Waals surface area contributed by atoms with E-state index in [1.54, 1.807) is 0 Å². The Labute approximate surface area is 86.4 Å². The molecule has 1 rings (SSSR count). The highest BCUT2D eigenvalue weighted by Crippen LogP contribution is 2.10. The third-order valence-electron chi connectivity index (χ3n) is 2.59. The van der Waals surface area contributed by atoms with Crippen LogP contribution < -0.4 is 0 Å². The van der Waals surface area contributed by atoms with E-state index in [9.17, 15) is 4.79 Å². The van der Waals surface area contributed by atoms with Gasteiger partial charge in [0, 0.05) is 13.1 Å². The quantitative estimate of drug-likeness (QED) is 0.654. The first-order valence-corrected chi connectivity index (χ1v) is 5.76. The molecule has 0 bridgehead atoms. The first kappa shape index (κ1) is 11.3. The Morgan fingerprint density at radius 2 is 1.86 bits per heavy atom. The average molecular weight is 199 g/mol. The van der Waals surface area contributed by atoms with Gasteiger partial charge in [-0.25, -0.2) is 4.79 Å². The molecule has 1 saturated heterocycles. The van der Waals surface area contributed by atoms with E-state index in [4.69, 9.17) is 4.74 Å². The summed E-state index contributed by atoms with van der Waals surface area (Å²) in [6.45, 7) is 4.43. The SMILES string of the molecule is CCCCOC(=O)N1CCCCCC1. The summed E-state index contributed by atoms with van der Waals surface area (Å²) < 4.78 is 5.16. The van der Waals surface area contributed by atoms with Crippen LogP contribution in [0.4, 0.5) is 4.79 Å². The molecule has 1 amide bonds. The fourth-order valence-electron chi connectivity index (χ4n) is 1.65. The zero-order valence-electron chi connectivity index (χ0n) is 9.13. The van der Waals surface area contributed by atoms with Gasteiger partial charge in [-0.1, -0.05) is 26.2 Å². The molecule has 1 fully saturated rings. The van der Waals surface area contributed by atoms with Gasteiger partial charge in [-0.05, 0) is 19.3 Å². The Kier molecular flexibility index (Phi) is 5.42. The lowest BCUT2D eigenvalue weighted by Gasteiger charge is -2.19. The molecule has 82 valence electrons. The molecule has 0 atom stereocenters. The summed E-state index contributed by atoms with van der Waals surface area (Å²) in [5, 5.41) is 0. The van der Waals surface area contributed by atoms with Crippen molar-refractivity contribution in [2.24, 2.45) is 0 Å². The number of likely N-dealkylation sites (tertiary alicyclic amines) is 1. The highest BCUT2D eigenvalue weighted by Gasteiger charge is 2.15. The third-order valence-corrected chi connectivity index (χ3v) is 2.59. The largest absolute Gasteiger partial charge is 0.449 e. The Balaban J connectivity index is 2.20. The maximum absolute atomic E-state index is 11.5. The molecule has 0 aliphatic carbocycles. The minimum atomic E-state index is -0.111. The van der Waals surface area contributed by atoms with Crippen molar-refractivity contribution in [3.8, 4) is 0 Å². The van der Waals surface area contributed by atoms with E-state index >= 15 is 0 Å². The molecule has 3 nitrogen and oxygen atoms in total. The van der Waals surface area contributed by atoms with Crippen LogP contribution in [0.5, 0.6) is 0 Å². The fraction of sp³-hybridized carbons (Fsp3) is 0.909. The lowest BCUT2D eigenvalue weighted by atomic mass is 10.2. The van der Waals surface area contributed by atoms with Crippen LogP contribution in [0.3, 0.4) is 0 Å². The van der Waals surface area contributed by atoms with Gasteiger partial charge in [-0.2, -0.15) is 0 Å². The number of hydrogen-bond donors (Lipinski definition) is 0. The summed E-state index contributed by atoms with van der Waals surface area (Å²) in [4.78, 5) is 13.4. The summed E-state index contributed by atoms with van der Waals surface area (Å²) in [6.07, 6.45) is 6.69. The van der Waals surface area contributed by atoms with Crippen LogP contribution in [0.2, 0.25) is 0 Å². The summed E-state index contributed by atoms with van der Waals surface area (Å²) in [5.74, 6) is 0. The van der Waals surface area contributed by atoms with Crippen LogP contribution in [0.25, 0.3) is 0 Å². The van der Waals surface area contributed by atoms with Crippen molar-refractivity contribution in [1.29, 1.82) is 0 Å². The van der Waals surface area contributed by atoms with Gasteiger partial charge >= 0.3 is 6.09 Å². The van der Waals surface area contributed by atoms with E-state index in [1.165, 1.54) is 12.8 Å². The number of nitrogens with zero attached hydrogens (tertiary/aromatic N) is 1. The molecule has 0 spiro atoms. The van der Waals surface area contributed by atoms with Crippen molar-refractivity contribution in [3.63, 3.8) is 0 Å². The van der Waals surface area contributed by atoms with Crippen molar-refractivity contribution in [2.75, 3.05) is 19.7 Å². The van der Waals surface area contributed by atoms with Crippen molar-refractivity contribution < 1.29 is 9.53 Å². The smallest absolute Gasteiger partial charge is 0.409 e. The molecule has 0 radical (unpaired) electrons. The lowest BCUT2D eigenvalue weighted by molar-refractivity contribution is 0.102. The molecule has 1 aliphatic heterocycles. The number of hydrogen-bond acceptors (Lipinski definition) is 2. The molecule has 0 N–H and O–H groups in total. The zero-order valence-corrected chi connectivity index (χ0v) is 9.13. The van der Waals surface area contributed by atoms with Crippen LogP contribution in [0, 0.1) is 0 Å². The van der Waals surface area contributed by atoms with Crippen LogP contribution >= 0.6 is 0 Å². The average Bonchev–Trinajstić information content (AvgIpc) is 2.46. The number of carbonyl (C=O) groups excluding carboxylic acids is 1. The topological polar surface area (TPSA) is 29.5 Å². The minimum absolute atomic E-state index is 0.111. The minimum Gasteiger partial charge on any atom is -0.449 e. The second-order valence-corrected chi connectivity index (χ2v) is 3.87. The van der Waals surface area contributed by atoms with E-state index in [0.29, 0.717) is 6.61 Å². The summed E-state index contributed by atoms with van der Waals surface area (Å²) >= 11 is 0. The van der Waals surface area contributed by atoms with Gasteiger partial charge in [0.1, 0.15) is 0 Å². The molecule has 0 aromatic rings. The van der Waals surface area contributed by atoms with Crippen molar-refractivity contribution in [2.45, 2.75) is 45.4 Å². The van der Waals surface area contributed by atoms with Crippen LogP contribution in [0.1, 0.15) is 45.4 Å². The van der Waals surface area contributed by atoms with Gasteiger partial charge in [-0.3, -0.25) is 0 Å². The number of rotatable bonds is 3. The third kappa shape index (κ3) is 3.99. The summed E-state index contributed by atoms with van der Waals surface area (Å²) in [5.41, 5.74) is 0. The van der Waals surface area contributed by atoms with Gasteiger partial charge in [0.05, 0.1) is 6.61 Å². The van der Waals surface area contributed by atoms with E-state index in [-0.39, 0.29) is 6.09 Å². The molecular weight excluding hydrogens is 178 g/mol. The van der Waals surface area contributed by atoms with Gasteiger partial charge in [-0.15, -0.1) is 0 Å². The molecule has 0 aromatic heterocycles. The Hall–Kier alpha value is -0.730. The van der Waals surface area contributed by atoms with E-state index in [1.807, 2.05) is 4.90 Å². The van der Waals surface area contributed by atoms with Gasteiger partial charge in [0.25, 0.3) is 0 Å². The van der Waals surface area contributed by atoms with Crippen molar-refractivity contribution in [3.05, 3.63) is 0 Å². The van der Waals surface area contributed by atoms with Gasteiger partial charge < -0.3 is 9.64 Å². The van der Waals surface area contributed by atoms with Crippen LogP contribution in [-0.2, 0) is 4.74 Å². The maximum atomic E-state index is 11.5. The molecule has 0 unspecified atom stereocenters. The predicted molar refractivity (Wildman–Crippen MR) is 56.3 cm³/mol. The van der Waals surface area contributed by atoms with E-state index in [0.717, 1.165) is 38.8 Å². The van der Waals surface area contributed by atoms with Crippen LogP contribution in [-0.4, -0.2) is 30.7 Å². The van der Waals surface area contributed by atoms with Gasteiger partial charge in [0.15, 0.2) is 0 Å². The highest BCUT2D eigenvalue weighted by molar-refractivity contribution is 5.67. The maximum Gasteiger partial charge on any atom is 0.409 e. The molecule has 1 heterocycles. The van der Waals surface area contributed by atoms with E-state index in [2.05, 4.69) is 6.92 Å². The van der Waals surface area contributed by atoms with E-state index < -0.39 is 0 Å². The first-order chi connectivity index (χ1) is 6.84. The van der Waals surface area contributed by atoms with Crippen molar-refractivity contribution in [1.82, 2.24) is 4.90 Å². The predicted octanol–water partition coefficient (Wildman–Crippen LogP) is 2.80. The monoisotopic (exact) mass is 199 g/mol. The number of amides is 1.